The number of nitrogens with zero attached hydrogens (tertiary/aromatic N) is 2. The first-order valence-corrected chi connectivity index (χ1v) is 9.03. The molecule has 5 nitrogen and oxygen atoms in total. The number of rotatable bonds is 6. The normalized spacial score (nSPS) is 16.3. The summed E-state index contributed by atoms with van der Waals surface area (Å²) in [5, 5.41) is 4.48. The maximum Gasteiger partial charge on any atom is 0.163 e. The van der Waals surface area contributed by atoms with Gasteiger partial charge in [-0.25, -0.2) is 8.78 Å². The van der Waals surface area contributed by atoms with Gasteiger partial charge in [-0.15, -0.1) is 0 Å². The summed E-state index contributed by atoms with van der Waals surface area (Å²) in [6, 6.07) is 11.5. The quantitative estimate of drug-likeness (QED) is 0.641. The molecule has 1 atom stereocenters. The SMILES string of the molecule is COc1ccc(-c2ccn(Cc3cccc(F)c3F)n2)cc1OC1CCOC1. The molecule has 1 aromatic heterocycles. The minimum absolute atomic E-state index is 0.00217. The number of ether oxygens (including phenoxy) is 3. The fraction of sp³-hybridized carbons (Fsp3) is 0.286. The summed E-state index contributed by atoms with van der Waals surface area (Å²) in [5.74, 6) is -0.450. The van der Waals surface area contributed by atoms with Gasteiger partial charge in [0.05, 0.1) is 32.6 Å². The van der Waals surface area contributed by atoms with E-state index in [1.54, 1.807) is 24.1 Å². The smallest absolute Gasteiger partial charge is 0.163 e. The molecule has 3 aromatic rings. The lowest BCUT2D eigenvalue weighted by atomic mass is 10.1. The van der Waals surface area contributed by atoms with E-state index in [1.807, 2.05) is 24.3 Å². The van der Waals surface area contributed by atoms with Gasteiger partial charge < -0.3 is 14.2 Å². The summed E-state index contributed by atoms with van der Waals surface area (Å²) in [7, 11) is 1.59. The molecular formula is C21H20F2N2O3. The van der Waals surface area contributed by atoms with E-state index in [0.717, 1.165) is 18.1 Å². The van der Waals surface area contributed by atoms with E-state index >= 15 is 0 Å². The monoisotopic (exact) mass is 386 g/mol. The van der Waals surface area contributed by atoms with E-state index in [-0.39, 0.29) is 18.2 Å². The summed E-state index contributed by atoms with van der Waals surface area (Å²) in [5.41, 5.74) is 1.79. The molecule has 146 valence electrons. The molecule has 4 rings (SSSR count). The lowest BCUT2D eigenvalue weighted by Gasteiger charge is -2.15. The first kappa shape index (κ1) is 18.4. The second kappa shape index (κ2) is 7.98. The predicted octanol–water partition coefficient (Wildman–Crippen LogP) is 4.05. The van der Waals surface area contributed by atoms with Crippen LogP contribution in [0.2, 0.25) is 0 Å². The molecule has 0 radical (unpaired) electrons. The molecule has 0 saturated carbocycles. The van der Waals surface area contributed by atoms with E-state index in [1.165, 1.54) is 6.07 Å². The van der Waals surface area contributed by atoms with Crippen molar-refractivity contribution in [2.75, 3.05) is 20.3 Å². The second-order valence-electron chi connectivity index (χ2n) is 6.58. The molecule has 0 bridgehead atoms. The molecule has 1 aliphatic rings. The minimum atomic E-state index is -0.863. The molecule has 2 heterocycles. The number of hydrogen-bond acceptors (Lipinski definition) is 4. The summed E-state index contributed by atoms with van der Waals surface area (Å²) in [6.45, 7) is 1.39. The molecule has 28 heavy (non-hydrogen) atoms. The molecule has 0 N–H and O–H groups in total. The summed E-state index contributed by atoms with van der Waals surface area (Å²) < 4.78 is 45.6. The first-order valence-electron chi connectivity index (χ1n) is 9.03. The Hall–Kier alpha value is -2.93. The van der Waals surface area contributed by atoms with Crippen molar-refractivity contribution >= 4 is 0 Å². The Balaban J connectivity index is 1.56. The zero-order valence-electron chi connectivity index (χ0n) is 15.4. The Labute approximate surface area is 161 Å². The van der Waals surface area contributed by atoms with Crippen molar-refractivity contribution in [2.45, 2.75) is 19.1 Å². The van der Waals surface area contributed by atoms with Gasteiger partial charge in [-0.3, -0.25) is 4.68 Å². The summed E-state index contributed by atoms with van der Waals surface area (Å²) in [4.78, 5) is 0. The largest absolute Gasteiger partial charge is 0.493 e. The molecular weight excluding hydrogens is 366 g/mol. The van der Waals surface area contributed by atoms with Crippen LogP contribution in [-0.4, -0.2) is 36.2 Å². The van der Waals surface area contributed by atoms with Crippen LogP contribution in [-0.2, 0) is 11.3 Å². The van der Waals surface area contributed by atoms with E-state index in [2.05, 4.69) is 5.10 Å². The van der Waals surface area contributed by atoms with Crippen LogP contribution in [0.15, 0.2) is 48.7 Å². The molecule has 0 aliphatic carbocycles. The number of hydrogen-bond donors (Lipinski definition) is 0. The Bertz CT molecular complexity index is 968. The van der Waals surface area contributed by atoms with E-state index in [9.17, 15) is 8.78 Å². The van der Waals surface area contributed by atoms with Crippen LogP contribution in [0.3, 0.4) is 0 Å². The Morgan fingerprint density at radius 2 is 2.07 bits per heavy atom. The lowest BCUT2D eigenvalue weighted by Crippen LogP contribution is -2.16. The Morgan fingerprint density at radius 3 is 2.86 bits per heavy atom. The van der Waals surface area contributed by atoms with Crippen LogP contribution in [0, 0.1) is 11.6 Å². The van der Waals surface area contributed by atoms with Crippen molar-refractivity contribution in [1.29, 1.82) is 0 Å². The average molecular weight is 386 g/mol. The molecule has 0 amide bonds. The third kappa shape index (κ3) is 3.84. The highest BCUT2D eigenvalue weighted by Gasteiger charge is 2.20. The van der Waals surface area contributed by atoms with Crippen molar-refractivity contribution in [2.24, 2.45) is 0 Å². The van der Waals surface area contributed by atoms with Crippen molar-refractivity contribution < 1.29 is 23.0 Å². The summed E-state index contributed by atoms with van der Waals surface area (Å²) >= 11 is 0. The number of halogens is 2. The van der Waals surface area contributed by atoms with Gasteiger partial charge in [0.25, 0.3) is 0 Å². The molecule has 1 unspecified atom stereocenters. The van der Waals surface area contributed by atoms with Crippen molar-refractivity contribution in [1.82, 2.24) is 9.78 Å². The highest BCUT2D eigenvalue weighted by molar-refractivity contribution is 5.63. The average Bonchev–Trinajstić information content (AvgIpc) is 3.38. The number of methoxy groups -OCH3 is 1. The van der Waals surface area contributed by atoms with Crippen molar-refractivity contribution in [3.63, 3.8) is 0 Å². The fourth-order valence-corrected chi connectivity index (χ4v) is 3.16. The topological polar surface area (TPSA) is 45.5 Å². The lowest BCUT2D eigenvalue weighted by molar-refractivity contribution is 0.138. The highest BCUT2D eigenvalue weighted by atomic mass is 19.2. The molecule has 7 heteroatoms. The Kier molecular flexibility index (Phi) is 5.25. The third-order valence-corrected chi connectivity index (χ3v) is 4.65. The van der Waals surface area contributed by atoms with E-state index in [0.29, 0.717) is 30.4 Å². The van der Waals surface area contributed by atoms with Crippen LogP contribution in [0.1, 0.15) is 12.0 Å². The summed E-state index contributed by atoms with van der Waals surface area (Å²) in [6.07, 6.45) is 2.56. The molecule has 1 fully saturated rings. The van der Waals surface area contributed by atoms with Crippen LogP contribution < -0.4 is 9.47 Å². The van der Waals surface area contributed by atoms with Gasteiger partial charge in [-0.2, -0.15) is 5.10 Å². The van der Waals surface area contributed by atoms with Crippen molar-refractivity contribution in [3.8, 4) is 22.8 Å². The maximum atomic E-state index is 13.9. The molecule has 1 saturated heterocycles. The molecule has 1 aliphatic heterocycles. The van der Waals surface area contributed by atoms with Crippen molar-refractivity contribution in [3.05, 3.63) is 65.9 Å². The van der Waals surface area contributed by atoms with Gasteiger partial charge in [0, 0.05) is 23.7 Å². The zero-order valence-corrected chi connectivity index (χ0v) is 15.4. The van der Waals surface area contributed by atoms with Crippen LogP contribution in [0.25, 0.3) is 11.3 Å². The predicted molar refractivity (Wildman–Crippen MR) is 99.5 cm³/mol. The van der Waals surface area contributed by atoms with Gasteiger partial charge in [0.15, 0.2) is 23.1 Å². The molecule has 2 aromatic carbocycles. The maximum absolute atomic E-state index is 13.9. The van der Waals surface area contributed by atoms with Gasteiger partial charge in [-0.05, 0) is 30.3 Å². The third-order valence-electron chi connectivity index (χ3n) is 4.65. The number of aromatic nitrogens is 2. The van der Waals surface area contributed by atoms with Crippen LogP contribution in [0.5, 0.6) is 11.5 Å². The van der Waals surface area contributed by atoms with Crippen LogP contribution >= 0.6 is 0 Å². The van der Waals surface area contributed by atoms with E-state index in [4.69, 9.17) is 14.2 Å². The second-order valence-corrected chi connectivity index (χ2v) is 6.58. The number of benzene rings is 2. The standard InChI is InChI=1S/C21H20F2N2O3/c1-26-19-6-5-14(11-20(19)28-16-8-10-27-13-16)18-7-9-25(24-18)12-15-3-2-4-17(22)21(15)23/h2-7,9,11,16H,8,10,12-13H2,1H3. The Morgan fingerprint density at radius 1 is 1.18 bits per heavy atom. The highest BCUT2D eigenvalue weighted by Crippen LogP contribution is 2.33. The molecule has 0 spiro atoms. The zero-order chi connectivity index (χ0) is 19.5. The van der Waals surface area contributed by atoms with Gasteiger partial charge in [-0.1, -0.05) is 12.1 Å². The van der Waals surface area contributed by atoms with Gasteiger partial charge in [0.2, 0.25) is 0 Å². The fourth-order valence-electron chi connectivity index (χ4n) is 3.16. The first-order chi connectivity index (χ1) is 13.6. The van der Waals surface area contributed by atoms with Gasteiger partial charge >= 0.3 is 0 Å². The minimum Gasteiger partial charge on any atom is -0.493 e. The van der Waals surface area contributed by atoms with E-state index < -0.39 is 11.6 Å². The van der Waals surface area contributed by atoms with Crippen LogP contribution in [0.4, 0.5) is 8.78 Å². The van der Waals surface area contributed by atoms with Gasteiger partial charge in [0.1, 0.15) is 6.10 Å².